The normalized spacial score (nSPS) is 20.9. The Morgan fingerprint density at radius 3 is 2.90 bits per heavy atom. The summed E-state index contributed by atoms with van der Waals surface area (Å²) in [7, 11) is -2.28. The van der Waals surface area contributed by atoms with E-state index < -0.39 is 16.1 Å². The van der Waals surface area contributed by atoms with Crippen LogP contribution in [0.15, 0.2) is 23.1 Å². The van der Waals surface area contributed by atoms with E-state index in [1.54, 1.807) is 18.2 Å². The molecule has 0 aromatic heterocycles. The molecule has 1 fully saturated rings. The lowest BCUT2D eigenvalue weighted by molar-refractivity contribution is 0.0108. The molecule has 20 heavy (non-hydrogen) atoms. The molecule has 1 aromatic carbocycles. The van der Waals surface area contributed by atoms with Gasteiger partial charge in [0.25, 0.3) is 0 Å². The minimum atomic E-state index is -3.72. The maximum atomic E-state index is 12.8. The Bertz CT molecular complexity index is 572. The Balaban J connectivity index is 2.46. The maximum Gasteiger partial charge on any atom is 0.247 e. The largest absolute Gasteiger partial charge is 0.495 e. The summed E-state index contributed by atoms with van der Waals surface area (Å²) in [4.78, 5) is 0.125. The molecule has 0 spiro atoms. The van der Waals surface area contributed by atoms with Crippen LogP contribution in [-0.2, 0) is 14.8 Å². The molecule has 1 aliphatic heterocycles. The SMILES string of the molecule is COc1ccc(C)cc1S(=O)(=O)N1CCOCC1CO. The van der Waals surface area contributed by atoms with Gasteiger partial charge in [-0.2, -0.15) is 4.31 Å². The molecule has 1 heterocycles. The van der Waals surface area contributed by atoms with Crippen molar-refractivity contribution in [1.29, 1.82) is 0 Å². The number of ether oxygens (including phenoxy) is 2. The number of aliphatic hydroxyl groups excluding tert-OH is 1. The van der Waals surface area contributed by atoms with Crippen LogP contribution in [0.25, 0.3) is 0 Å². The van der Waals surface area contributed by atoms with Crippen molar-refractivity contribution in [2.24, 2.45) is 0 Å². The van der Waals surface area contributed by atoms with Crippen molar-refractivity contribution in [1.82, 2.24) is 4.31 Å². The van der Waals surface area contributed by atoms with Crippen LogP contribution in [0, 0.1) is 6.92 Å². The lowest BCUT2D eigenvalue weighted by Gasteiger charge is -2.33. The van der Waals surface area contributed by atoms with Crippen molar-refractivity contribution in [2.75, 3.05) is 33.5 Å². The number of rotatable bonds is 4. The first-order valence-electron chi connectivity index (χ1n) is 6.35. The molecular weight excluding hydrogens is 282 g/mol. The van der Waals surface area contributed by atoms with Gasteiger partial charge in [-0.15, -0.1) is 0 Å². The fraction of sp³-hybridized carbons (Fsp3) is 0.538. The minimum Gasteiger partial charge on any atom is -0.495 e. The third-order valence-electron chi connectivity index (χ3n) is 3.29. The minimum absolute atomic E-state index is 0.125. The summed E-state index contributed by atoms with van der Waals surface area (Å²) in [6.45, 7) is 2.30. The lowest BCUT2D eigenvalue weighted by atomic mass is 10.2. The van der Waals surface area contributed by atoms with E-state index in [2.05, 4.69) is 0 Å². The van der Waals surface area contributed by atoms with Gasteiger partial charge in [0.05, 0.1) is 33.0 Å². The van der Waals surface area contributed by atoms with Gasteiger partial charge in [-0.1, -0.05) is 6.07 Å². The van der Waals surface area contributed by atoms with Crippen molar-refractivity contribution < 1.29 is 23.0 Å². The van der Waals surface area contributed by atoms with Crippen molar-refractivity contribution in [3.63, 3.8) is 0 Å². The van der Waals surface area contributed by atoms with Crippen LogP contribution in [0.1, 0.15) is 5.56 Å². The number of sulfonamides is 1. The molecule has 1 unspecified atom stereocenters. The lowest BCUT2D eigenvalue weighted by Crippen LogP contribution is -2.50. The number of hydrogen-bond acceptors (Lipinski definition) is 5. The smallest absolute Gasteiger partial charge is 0.247 e. The summed E-state index contributed by atoms with van der Waals surface area (Å²) in [5, 5.41) is 9.34. The summed E-state index contributed by atoms with van der Waals surface area (Å²) in [6.07, 6.45) is 0. The van der Waals surface area contributed by atoms with Crippen LogP contribution < -0.4 is 4.74 Å². The first kappa shape index (κ1) is 15.2. The third kappa shape index (κ3) is 2.80. The third-order valence-corrected chi connectivity index (χ3v) is 5.26. The molecule has 7 heteroatoms. The molecule has 0 saturated carbocycles. The summed E-state index contributed by atoms with van der Waals surface area (Å²) < 4.78 is 37.2. The van der Waals surface area contributed by atoms with Crippen molar-refractivity contribution >= 4 is 10.0 Å². The van der Waals surface area contributed by atoms with Crippen LogP contribution in [0.4, 0.5) is 0 Å². The predicted molar refractivity (Wildman–Crippen MR) is 73.3 cm³/mol. The predicted octanol–water partition coefficient (Wildman–Crippen LogP) is 0.385. The number of aliphatic hydroxyl groups is 1. The van der Waals surface area contributed by atoms with Gasteiger partial charge in [0.1, 0.15) is 10.6 Å². The highest BCUT2D eigenvalue weighted by Crippen LogP contribution is 2.29. The highest BCUT2D eigenvalue weighted by Gasteiger charge is 2.35. The Hall–Kier alpha value is -1.15. The van der Waals surface area contributed by atoms with E-state index in [0.717, 1.165) is 5.56 Å². The Kier molecular flexibility index (Phi) is 4.64. The molecule has 0 radical (unpaired) electrons. The van der Waals surface area contributed by atoms with E-state index in [-0.39, 0.29) is 24.7 Å². The number of morpholine rings is 1. The van der Waals surface area contributed by atoms with E-state index in [1.807, 2.05) is 6.92 Å². The molecule has 112 valence electrons. The average molecular weight is 301 g/mol. The molecule has 1 aliphatic rings. The number of methoxy groups -OCH3 is 1. The van der Waals surface area contributed by atoms with Crippen molar-refractivity contribution in [3.05, 3.63) is 23.8 Å². The highest BCUT2D eigenvalue weighted by atomic mass is 32.2. The summed E-state index contributed by atoms with van der Waals surface area (Å²) in [5.74, 6) is 0.304. The van der Waals surface area contributed by atoms with Gasteiger partial charge in [0.15, 0.2) is 0 Å². The summed E-state index contributed by atoms with van der Waals surface area (Å²) in [6, 6.07) is 4.45. The molecule has 1 saturated heterocycles. The zero-order valence-electron chi connectivity index (χ0n) is 11.6. The van der Waals surface area contributed by atoms with Crippen LogP contribution in [0.5, 0.6) is 5.75 Å². The molecule has 0 aliphatic carbocycles. The molecule has 2 rings (SSSR count). The number of nitrogens with zero attached hydrogens (tertiary/aromatic N) is 1. The zero-order valence-corrected chi connectivity index (χ0v) is 12.4. The van der Waals surface area contributed by atoms with Gasteiger partial charge in [-0.3, -0.25) is 0 Å². The molecule has 0 bridgehead atoms. The van der Waals surface area contributed by atoms with E-state index in [9.17, 15) is 13.5 Å². The Morgan fingerprint density at radius 1 is 1.50 bits per heavy atom. The van der Waals surface area contributed by atoms with Crippen molar-refractivity contribution in [3.8, 4) is 5.75 Å². The monoisotopic (exact) mass is 301 g/mol. The van der Waals surface area contributed by atoms with Gasteiger partial charge < -0.3 is 14.6 Å². The van der Waals surface area contributed by atoms with Crippen LogP contribution in [0.3, 0.4) is 0 Å². The number of hydrogen-bond donors (Lipinski definition) is 1. The topological polar surface area (TPSA) is 76.1 Å². The van der Waals surface area contributed by atoms with Gasteiger partial charge in [-0.25, -0.2) is 8.42 Å². The van der Waals surface area contributed by atoms with Crippen LogP contribution in [-0.4, -0.2) is 57.3 Å². The second-order valence-corrected chi connectivity index (χ2v) is 6.54. The van der Waals surface area contributed by atoms with E-state index >= 15 is 0 Å². The first-order chi connectivity index (χ1) is 9.50. The van der Waals surface area contributed by atoms with Gasteiger partial charge in [0, 0.05) is 6.54 Å². The van der Waals surface area contributed by atoms with E-state index in [0.29, 0.717) is 12.4 Å². The zero-order chi connectivity index (χ0) is 14.8. The molecule has 1 aromatic rings. The molecule has 1 N–H and O–H groups in total. The van der Waals surface area contributed by atoms with E-state index in [4.69, 9.17) is 9.47 Å². The van der Waals surface area contributed by atoms with E-state index in [1.165, 1.54) is 11.4 Å². The molecule has 6 nitrogen and oxygen atoms in total. The highest BCUT2D eigenvalue weighted by molar-refractivity contribution is 7.89. The van der Waals surface area contributed by atoms with Gasteiger partial charge in [0.2, 0.25) is 10.0 Å². The average Bonchev–Trinajstić information content (AvgIpc) is 2.47. The molecule has 0 amide bonds. The van der Waals surface area contributed by atoms with Crippen LogP contribution >= 0.6 is 0 Å². The van der Waals surface area contributed by atoms with Gasteiger partial charge >= 0.3 is 0 Å². The standard InChI is InChI=1S/C13H19NO5S/c1-10-3-4-12(18-2)13(7-10)20(16,17)14-5-6-19-9-11(14)8-15/h3-4,7,11,15H,5-6,8-9H2,1-2H3. The second kappa shape index (κ2) is 6.09. The van der Waals surface area contributed by atoms with Crippen molar-refractivity contribution in [2.45, 2.75) is 17.9 Å². The Labute approximate surface area is 119 Å². The quantitative estimate of drug-likeness (QED) is 0.870. The first-order valence-corrected chi connectivity index (χ1v) is 7.80. The molecule has 1 atom stereocenters. The van der Waals surface area contributed by atoms with Gasteiger partial charge in [-0.05, 0) is 24.6 Å². The molecular formula is C13H19NO5S. The van der Waals surface area contributed by atoms with Crippen LogP contribution in [0.2, 0.25) is 0 Å². The number of benzene rings is 1. The fourth-order valence-electron chi connectivity index (χ4n) is 2.21. The number of aryl methyl sites for hydroxylation is 1. The Morgan fingerprint density at radius 2 is 2.25 bits per heavy atom. The summed E-state index contributed by atoms with van der Waals surface area (Å²) >= 11 is 0. The fourth-order valence-corrected chi connectivity index (χ4v) is 4.04. The summed E-state index contributed by atoms with van der Waals surface area (Å²) in [5.41, 5.74) is 0.832. The second-order valence-electron chi connectivity index (χ2n) is 4.68. The maximum absolute atomic E-state index is 12.8.